The van der Waals surface area contributed by atoms with Gasteiger partial charge in [0.15, 0.2) is 26.9 Å². The number of hydrogen-bond donors (Lipinski definition) is 0. The molecule has 7 rings (SSSR count). The second kappa shape index (κ2) is 12.2. The topological polar surface area (TPSA) is 35.5 Å². The Hall–Kier alpha value is -4.98. The summed E-state index contributed by atoms with van der Waals surface area (Å²) in [4.78, 5) is 16.5. The zero-order chi connectivity index (χ0) is 30.8. The second-order valence-corrected chi connectivity index (χ2v) is 13.8. The SMILES string of the molecule is CC(C)(C#CC1=C2C=CC3=CC=CC4=CC=C(C=C1)C2C34)OC(=O)COc1ccc([S+](c2ccccc2)c2ccccc2)cc1. The van der Waals surface area contributed by atoms with Crippen molar-refractivity contribution in [3.05, 3.63) is 167 Å². The van der Waals surface area contributed by atoms with Crippen molar-refractivity contribution in [2.24, 2.45) is 11.8 Å². The van der Waals surface area contributed by atoms with Gasteiger partial charge in [0, 0.05) is 17.4 Å². The molecule has 2 atom stereocenters. The lowest BCUT2D eigenvalue weighted by Gasteiger charge is -2.39. The Morgan fingerprint density at radius 2 is 1.31 bits per heavy atom. The number of hydrogen-bond acceptors (Lipinski definition) is 3. The molecule has 4 heteroatoms. The number of allylic oxidation sites excluding steroid dienone is 14. The van der Waals surface area contributed by atoms with E-state index >= 15 is 0 Å². The highest BCUT2D eigenvalue weighted by Gasteiger charge is 2.38. The van der Waals surface area contributed by atoms with Gasteiger partial charge in [-0.25, -0.2) is 4.79 Å². The lowest BCUT2D eigenvalue weighted by Crippen LogP contribution is -2.30. The normalized spacial score (nSPS) is 19.1. The molecule has 0 bridgehead atoms. The minimum atomic E-state index is -0.976. The molecule has 45 heavy (non-hydrogen) atoms. The number of rotatable bonds is 7. The lowest BCUT2D eigenvalue weighted by atomic mass is 9.63. The van der Waals surface area contributed by atoms with E-state index in [0.717, 1.165) is 5.57 Å². The summed E-state index contributed by atoms with van der Waals surface area (Å²) in [5, 5.41) is 0. The third-order valence-electron chi connectivity index (χ3n) is 8.24. The van der Waals surface area contributed by atoms with Crippen molar-refractivity contribution in [3.8, 4) is 17.6 Å². The van der Waals surface area contributed by atoms with Crippen molar-refractivity contribution >= 4 is 16.9 Å². The summed E-state index contributed by atoms with van der Waals surface area (Å²) >= 11 is 0. The van der Waals surface area contributed by atoms with Crippen molar-refractivity contribution in [1.29, 1.82) is 0 Å². The molecule has 0 saturated heterocycles. The van der Waals surface area contributed by atoms with Crippen molar-refractivity contribution in [2.75, 3.05) is 6.61 Å². The first kappa shape index (κ1) is 28.8. The maximum atomic E-state index is 12.8. The molecule has 0 amide bonds. The Morgan fingerprint density at radius 3 is 2.00 bits per heavy atom. The van der Waals surface area contributed by atoms with Crippen LogP contribution in [-0.2, 0) is 20.4 Å². The van der Waals surface area contributed by atoms with Gasteiger partial charge in [-0.3, -0.25) is 0 Å². The minimum absolute atomic E-state index is 0.195. The summed E-state index contributed by atoms with van der Waals surface area (Å²) in [6, 6.07) is 29.0. The highest BCUT2D eigenvalue weighted by Crippen LogP contribution is 2.49. The lowest BCUT2D eigenvalue weighted by molar-refractivity contribution is -0.154. The highest BCUT2D eigenvalue weighted by molar-refractivity contribution is 7.97. The molecule has 0 aliphatic heterocycles. The maximum absolute atomic E-state index is 12.8. The predicted molar refractivity (Wildman–Crippen MR) is 181 cm³/mol. The van der Waals surface area contributed by atoms with E-state index in [-0.39, 0.29) is 23.4 Å². The van der Waals surface area contributed by atoms with Crippen molar-refractivity contribution < 1.29 is 14.3 Å². The third-order valence-corrected chi connectivity index (χ3v) is 10.5. The van der Waals surface area contributed by atoms with Crippen LogP contribution in [0.15, 0.2) is 182 Å². The van der Waals surface area contributed by atoms with Gasteiger partial charge in [0.1, 0.15) is 5.75 Å². The third kappa shape index (κ3) is 6.05. The minimum Gasteiger partial charge on any atom is -0.482 e. The number of carbonyl (C=O) groups excluding carboxylic acids is 1. The first-order valence-corrected chi connectivity index (χ1v) is 16.4. The molecule has 3 aromatic rings. The van der Waals surface area contributed by atoms with Crippen LogP contribution in [0.25, 0.3) is 0 Å². The predicted octanol–water partition coefficient (Wildman–Crippen LogP) is 8.52. The zero-order valence-electron chi connectivity index (χ0n) is 25.3. The van der Waals surface area contributed by atoms with Gasteiger partial charge in [-0.05, 0) is 90.7 Å². The molecule has 0 fully saturated rings. The fraction of sp³-hybridized carbons (Fsp3) is 0.146. The molecule has 4 aliphatic carbocycles. The molecule has 0 saturated carbocycles. The van der Waals surface area contributed by atoms with E-state index in [1.54, 1.807) is 0 Å². The van der Waals surface area contributed by atoms with Gasteiger partial charge in [0.05, 0.1) is 10.9 Å². The van der Waals surface area contributed by atoms with E-state index in [4.69, 9.17) is 9.47 Å². The number of esters is 1. The number of benzene rings is 3. The molecular formula is C41H33O3S+. The Kier molecular flexibility index (Phi) is 7.79. The van der Waals surface area contributed by atoms with Gasteiger partial charge < -0.3 is 9.47 Å². The molecule has 220 valence electrons. The molecule has 0 spiro atoms. The second-order valence-electron chi connectivity index (χ2n) is 11.8. The van der Waals surface area contributed by atoms with E-state index < -0.39 is 11.6 Å². The molecule has 3 aromatic carbocycles. The van der Waals surface area contributed by atoms with E-state index in [1.807, 2.05) is 38.1 Å². The van der Waals surface area contributed by atoms with Gasteiger partial charge in [-0.1, -0.05) is 96.8 Å². The van der Waals surface area contributed by atoms with E-state index in [1.165, 1.54) is 37.0 Å². The van der Waals surface area contributed by atoms with Crippen LogP contribution in [0.4, 0.5) is 0 Å². The highest BCUT2D eigenvalue weighted by atomic mass is 32.2. The van der Waals surface area contributed by atoms with Gasteiger partial charge >= 0.3 is 5.97 Å². The summed E-state index contributed by atoms with van der Waals surface area (Å²) in [7, 11) is -0.246. The largest absolute Gasteiger partial charge is 0.482 e. The molecule has 0 aromatic heterocycles. The maximum Gasteiger partial charge on any atom is 0.345 e. The first-order chi connectivity index (χ1) is 21.9. The van der Waals surface area contributed by atoms with Crippen LogP contribution in [0.2, 0.25) is 0 Å². The van der Waals surface area contributed by atoms with E-state index in [9.17, 15) is 4.79 Å². The molecule has 0 radical (unpaired) electrons. The van der Waals surface area contributed by atoms with Gasteiger partial charge in [-0.15, -0.1) is 0 Å². The van der Waals surface area contributed by atoms with Crippen LogP contribution in [0.5, 0.6) is 5.75 Å². The Labute approximate surface area is 268 Å². The molecule has 4 aliphatic rings. The molecule has 0 heterocycles. The quantitative estimate of drug-likeness (QED) is 0.154. The molecule has 3 nitrogen and oxygen atoms in total. The van der Waals surface area contributed by atoms with Crippen LogP contribution in [-0.4, -0.2) is 18.2 Å². The van der Waals surface area contributed by atoms with Crippen molar-refractivity contribution in [3.63, 3.8) is 0 Å². The Morgan fingerprint density at radius 1 is 0.711 bits per heavy atom. The van der Waals surface area contributed by atoms with Crippen LogP contribution in [0.1, 0.15) is 13.8 Å². The van der Waals surface area contributed by atoms with Crippen LogP contribution in [0.3, 0.4) is 0 Å². The van der Waals surface area contributed by atoms with Crippen LogP contribution < -0.4 is 4.74 Å². The first-order valence-electron chi connectivity index (χ1n) is 15.2. The Balaban J connectivity index is 1.01. The fourth-order valence-electron chi connectivity index (χ4n) is 6.21. The monoisotopic (exact) mass is 605 g/mol. The summed E-state index contributed by atoms with van der Waals surface area (Å²) in [5.74, 6) is 7.28. The average molecular weight is 606 g/mol. The Bertz CT molecular complexity index is 1870. The van der Waals surface area contributed by atoms with Gasteiger partial charge in [-0.2, -0.15) is 0 Å². The molecule has 0 N–H and O–H groups in total. The van der Waals surface area contributed by atoms with Gasteiger partial charge in [0.25, 0.3) is 0 Å². The fourth-order valence-corrected chi connectivity index (χ4v) is 8.29. The van der Waals surface area contributed by atoms with Gasteiger partial charge in [0.2, 0.25) is 0 Å². The standard InChI is InChI=1S/C41H33O3S/c1-41(2,27-26-29-16-17-32-19-18-30-10-9-11-31-20-25-37(29)40(32)39(30)31)44-38(42)28-43-33-21-23-36(24-22-33)45(34-12-5-3-6-13-34)35-14-7-4-8-15-35/h3-25,39-40H,28H2,1-2H3/q+1. The average Bonchev–Trinajstić information content (AvgIpc) is 3.07. The smallest absolute Gasteiger partial charge is 0.345 e. The molecular weight excluding hydrogens is 573 g/mol. The summed E-state index contributed by atoms with van der Waals surface area (Å²) < 4.78 is 11.6. The van der Waals surface area contributed by atoms with Crippen LogP contribution in [0, 0.1) is 23.7 Å². The van der Waals surface area contributed by atoms with Crippen LogP contribution >= 0.6 is 0 Å². The summed E-state index contributed by atoms with van der Waals surface area (Å²) in [6.07, 6.45) is 19.6. The number of carbonyl (C=O) groups is 1. The van der Waals surface area contributed by atoms with E-state index in [2.05, 4.69) is 127 Å². The molecule has 2 unspecified atom stereocenters. The van der Waals surface area contributed by atoms with E-state index in [0.29, 0.717) is 11.7 Å². The summed E-state index contributed by atoms with van der Waals surface area (Å²) in [6.45, 7) is 3.43. The van der Waals surface area contributed by atoms with Crippen molar-refractivity contribution in [2.45, 2.75) is 34.1 Å². The summed E-state index contributed by atoms with van der Waals surface area (Å²) in [5.41, 5.74) is 5.19. The van der Waals surface area contributed by atoms with Crippen molar-refractivity contribution in [1.82, 2.24) is 0 Å². The zero-order valence-corrected chi connectivity index (χ0v) is 26.1. The number of ether oxygens (including phenoxy) is 2.